The normalized spacial score (nSPS) is 19.7. The topological polar surface area (TPSA) is 273 Å². The van der Waals surface area contributed by atoms with Gasteiger partial charge in [-0.3, -0.25) is 53.2 Å². The SMILES string of the molecule is C[C@@H](NC(=O)CNC(=O)CNC(=O)CN1CCN(CC(=O)O)CCN(CC(=O)O)CCN(CC(=O)O)CC1)C(=O)N1CCC[C@H]1B(O)O. The molecule has 0 saturated carbocycles. The number of likely N-dealkylation sites (tertiary alicyclic amines) is 1. The molecular weight excluding hydrogens is 639 g/mol. The summed E-state index contributed by atoms with van der Waals surface area (Å²) in [5, 5.41) is 54.1. The number of carboxylic acid groups (broad SMARTS) is 3. The number of hydrogen-bond acceptors (Lipinski definition) is 13. The third-order valence-electron chi connectivity index (χ3n) is 7.94. The molecule has 4 amide bonds. The number of carbonyl (C=O) groups is 7. The maximum absolute atomic E-state index is 12.7. The number of rotatable bonds is 15. The maximum atomic E-state index is 12.7. The van der Waals surface area contributed by atoms with Crippen molar-refractivity contribution < 1.29 is 58.9 Å². The first kappa shape index (κ1) is 40.3. The molecule has 2 fully saturated rings. The second-order valence-corrected chi connectivity index (χ2v) is 11.8. The van der Waals surface area contributed by atoms with Gasteiger partial charge in [-0.25, -0.2) is 0 Å². The zero-order chi connectivity index (χ0) is 35.8. The molecule has 0 bridgehead atoms. The fourth-order valence-electron chi connectivity index (χ4n) is 5.44. The molecule has 2 rings (SSSR count). The highest BCUT2D eigenvalue weighted by Crippen LogP contribution is 2.19. The van der Waals surface area contributed by atoms with Gasteiger partial charge in [-0.15, -0.1) is 0 Å². The third kappa shape index (κ3) is 15.3. The van der Waals surface area contributed by atoms with Crippen LogP contribution in [0, 0.1) is 0 Å². The Hall–Kier alpha value is -3.89. The smallest absolute Gasteiger partial charge is 0.475 e. The van der Waals surface area contributed by atoms with E-state index in [0.29, 0.717) is 19.4 Å². The molecule has 0 aromatic heterocycles. The first-order valence-corrected chi connectivity index (χ1v) is 15.7. The maximum Gasteiger partial charge on any atom is 0.475 e. The second-order valence-electron chi connectivity index (χ2n) is 11.8. The van der Waals surface area contributed by atoms with Crippen molar-refractivity contribution in [3.63, 3.8) is 0 Å². The molecule has 2 atom stereocenters. The zero-order valence-corrected chi connectivity index (χ0v) is 27.1. The summed E-state index contributed by atoms with van der Waals surface area (Å²) < 4.78 is 0. The minimum atomic E-state index is -1.70. The molecule has 8 N–H and O–H groups in total. The van der Waals surface area contributed by atoms with Gasteiger partial charge < -0.3 is 46.2 Å². The van der Waals surface area contributed by atoms with E-state index in [4.69, 9.17) is 0 Å². The summed E-state index contributed by atoms with van der Waals surface area (Å²) in [5.41, 5.74) is 0. The van der Waals surface area contributed by atoms with Gasteiger partial charge in [0.05, 0.1) is 45.2 Å². The van der Waals surface area contributed by atoms with E-state index in [1.807, 2.05) is 0 Å². The first-order valence-electron chi connectivity index (χ1n) is 15.7. The van der Waals surface area contributed by atoms with Crippen molar-refractivity contribution in [2.45, 2.75) is 31.7 Å². The highest BCUT2D eigenvalue weighted by Gasteiger charge is 2.38. The van der Waals surface area contributed by atoms with E-state index in [1.54, 1.807) is 19.6 Å². The molecule has 0 aromatic carbocycles. The van der Waals surface area contributed by atoms with Crippen molar-refractivity contribution >= 4 is 48.7 Å². The van der Waals surface area contributed by atoms with Crippen molar-refractivity contribution in [1.82, 2.24) is 40.4 Å². The van der Waals surface area contributed by atoms with Gasteiger partial charge in [0.25, 0.3) is 0 Å². The molecule has 0 radical (unpaired) electrons. The summed E-state index contributed by atoms with van der Waals surface area (Å²) in [6, 6.07) is -0.977. The fourth-order valence-corrected chi connectivity index (χ4v) is 5.44. The Balaban J connectivity index is 1.89. The summed E-state index contributed by atoms with van der Waals surface area (Å²) in [5.74, 6) is -6.36. The summed E-state index contributed by atoms with van der Waals surface area (Å²) >= 11 is 0. The average Bonchev–Trinajstić information content (AvgIpc) is 3.49. The predicted octanol–water partition coefficient (Wildman–Crippen LogP) is -5.80. The van der Waals surface area contributed by atoms with Crippen LogP contribution in [-0.4, -0.2) is 209 Å². The molecular formula is C27H47BN8O12. The quantitative estimate of drug-likeness (QED) is 0.0746. The van der Waals surface area contributed by atoms with Crippen LogP contribution in [0.1, 0.15) is 19.8 Å². The van der Waals surface area contributed by atoms with Crippen molar-refractivity contribution in [1.29, 1.82) is 0 Å². The average molecular weight is 687 g/mol. The minimum absolute atomic E-state index is 0.194. The van der Waals surface area contributed by atoms with Gasteiger partial charge in [0.2, 0.25) is 23.6 Å². The lowest BCUT2D eigenvalue weighted by molar-refractivity contribution is -0.140. The van der Waals surface area contributed by atoms with Crippen molar-refractivity contribution in [2.24, 2.45) is 0 Å². The first-order chi connectivity index (χ1) is 22.6. The van der Waals surface area contributed by atoms with Crippen LogP contribution < -0.4 is 16.0 Å². The van der Waals surface area contributed by atoms with Gasteiger partial charge in [-0.05, 0) is 19.8 Å². The van der Waals surface area contributed by atoms with Crippen LogP contribution >= 0.6 is 0 Å². The molecule has 48 heavy (non-hydrogen) atoms. The number of carbonyl (C=O) groups excluding carboxylic acids is 4. The van der Waals surface area contributed by atoms with E-state index in [0.717, 1.165) is 0 Å². The largest absolute Gasteiger partial charge is 0.480 e. The van der Waals surface area contributed by atoms with Crippen LogP contribution in [0.25, 0.3) is 0 Å². The summed E-state index contributed by atoms with van der Waals surface area (Å²) in [6.45, 7) is 1.51. The van der Waals surface area contributed by atoms with E-state index < -0.39 is 73.7 Å². The van der Waals surface area contributed by atoms with E-state index in [9.17, 15) is 58.9 Å². The number of amides is 4. The Kier molecular flexibility index (Phi) is 17.2. The Labute approximate surface area is 278 Å². The van der Waals surface area contributed by atoms with Crippen LogP contribution in [0.3, 0.4) is 0 Å². The highest BCUT2D eigenvalue weighted by atomic mass is 16.4. The summed E-state index contributed by atoms with van der Waals surface area (Å²) in [6.07, 6.45) is 1.01. The van der Waals surface area contributed by atoms with E-state index in [1.165, 1.54) is 11.8 Å². The number of nitrogens with one attached hydrogen (secondary N) is 3. The molecule has 0 spiro atoms. The van der Waals surface area contributed by atoms with Crippen LogP contribution in [-0.2, 0) is 33.6 Å². The van der Waals surface area contributed by atoms with Gasteiger partial charge in [0.15, 0.2) is 0 Å². The lowest BCUT2D eigenvalue weighted by Crippen LogP contribution is -2.54. The van der Waals surface area contributed by atoms with E-state index >= 15 is 0 Å². The lowest BCUT2D eigenvalue weighted by Gasteiger charge is -2.32. The number of aliphatic carboxylic acids is 3. The van der Waals surface area contributed by atoms with Gasteiger partial charge in [-0.1, -0.05) is 0 Å². The Morgan fingerprint density at radius 1 is 0.625 bits per heavy atom. The fraction of sp³-hybridized carbons (Fsp3) is 0.741. The number of nitrogens with zero attached hydrogens (tertiary/aromatic N) is 5. The van der Waals surface area contributed by atoms with Gasteiger partial charge in [-0.2, -0.15) is 0 Å². The Morgan fingerprint density at radius 2 is 1.02 bits per heavy atom. The van der Waals surface area contributed by atoms with Crippen LogP contribution in [0.5, 0.6) is 0 Å². The number of carboxylic acids is 3. The van der Waals surface area contributed by atoms with Gasteiger partial charge >= 0.3 is 25.0 Å². The van der Waals surface area contributed by atoms with E-state index in [2.05, 4.69) is 16.0 Å². The molecule has 0 aliphatic carbocycles. The molecule has 2 aliphatic rings. The summed E-state index contributed by atoms with van der Waals surface area (Å²) in [4.78, 5) is 92.0. The summed E-state index contributed by atoms with van der Waals surface area (Å²) in [7, 11) is -1.70. The van der Waals surface area contributed by atoms with Crippen molar-refractivity contribution in [3.8, 4) is 0 Å². The third-order valence-corrected chi connectivity index (χ3v) is 7.94. The molecule has 2 saturated heterocycles. The van der Waals surface area contributed by atoms with Gasteiger partial charge in [0, 0.05) is 58.9 Å². The molecule has 21 heteroatoms. The second kappa shape index (κ2) is 20.5. The zero-order valence-electron chi connectivity index (χ0n) is 27.1. The lowest BCUT2D eigenvalue weighted by atomic mass is 9.78. The van der Waals surface area contributed by atoms with Crippen LogP contribution in [0.4, 0.5) is 0 Å². The molecule has 0 unspecified atom stereocenters. The van der Waals surface area contributed by atoms with E-state index in [-0.39, 0.29) is 78.5 Å². The van der Waals surface area contributed by atoms with Gasteiger partial charge in [0.1, 0.15) is 6.04 Å². The molecule has 2 heterocycles. The van der Waals surface area contributed by atoms with Crippen LogP contribution in [0.15, 0.2) is 0 Å². The van der Waals surface area contributed by atoms with Crippen molar-refractivity contribution in [2.75, 3.05) is 98.2 Å². The minimum Gasteiger partial charge on any atom is -0.480 e. The van der Waals surface area contributed by atoms with Crippen LogP contribution in [0.2, 0.25) is 0 Å². The predicted molar refractivity (Wildman–Crippen MR) is 167 cm³/mol. The molecule has 2 aliphatic heterocycles. The highest BCUT2D eigenvalue weighted by molar-refractivity contribution is 6.43. The molecule has 270 valence electrons. The standard InChI is InChI=1S/C27H47BN8O12/c1-19(27(46)36-4-2-3-20(36)28(47)48)31-22(38)14-29-21(37)13-30-23(39)15-32-5-7-33(16-24(40)41)9-11-35(18-26(44)45)12-10-34(8-6-32)17-25(42)43/h19-20,47-48H,2-18H2,1H3,(H,29,37)(H,30,39)(H,31,38)(H,40,41)(H,42,43)(H,44,45)/t19-,20+/m1/s1. The Bertz CT molecular complexity index is 1120. The molecule has 0 aromatic rings. The molecule has 20 nitrogen and oxygen atoms in total. The monoisotopic (exact) mass is 686 g/mol. The Morgan fingerprint density at radius 3 is 1.44 bits per heavy atom. The number of hydrogen-bond donors (Lipinski definition) is 8. The van der Waals surface area contributed by atoms with Crippen molar-refractivity contribution in [3.05, 3.63) is 0 Å².